The second-order valence-corrected chi connectivity index (χ2v) is 5.36. The van der Waals surface area contributed by atoms with E-state index in [1.54, 1.807) is 7.11 Å². The molecule has 1 N–H and O–H groups in total. The Morgan fingerprint density at radius 3 is 2.58 bits per heavy atom. The molecule has 19 heavy (non-hydrogen) atoms. The first-order chi connectivity index (χ1) is 9.02. The van der Waals surface area contributed by atoms with Crippen LogP contribution in [-0.2, 0) is 11.3 Å². The van der Waals surface area contributed by atoms with Crippen LogP contribution >= 0.6 is 0 Å². The first-order valence-electron chi connectivity index (χ1n) is 7.01. The van der Waals surface area contributed by atoms with Crippen molar-refractivity contribution < 1.29 is 9.47 Å². The van der Waals surface area contributed by atoms with Crippen LogP contribution in [0.2, 0.25) is 0 Å². The summed E-state index contributed by atoms with van der Waals surface area (Å²) in [6.45, 7) is 10.1. The third-order valence-electron chi connectivity index (χ3n) is 2.97. The third kappa shape index (κ3) is 6.08. The number of rotatable bonds is 8. The summed E-state index contributed by atoms with van der Waals surface area (Å²) in [5, 5.41) is 3.44. The van der Waals surface area contributed by atoms with Gasteiger partial charge in [-0.05, 0) is 19.9 Å². The normalized spacial score (nSPS) is 12.7. The zero-order valence-electron chi connectivity index (χ0n) is 12.8. The smallest absolute Gasteiger partial charge is 0.124 e. The van der Waals surface area contributed by atoms with Gasteiger partial charge in [0.15, 0.2) is 0 Å². The average Bonchev–Trinajstić information content (AvgIpc) is 2.36. The summed E-state index contributed by atoms with van der Waals surface area (Å²) in [5.41, 5.74) is 2.48. The standard InChI is InChI=1S/C16H27NO2/c1-12(2)17-11-15-10-13(3)6-7-16(15)19-14(4)8-9-18-5/h6-7,10,12,14,17H,8-9,11H2,1-5H3. The Labute approximate surface area is 117 Å². The fourth-order valence-corrected chi connectivity index (χ4v) is 1.83. The minimum absolute atomic E-state index is 0.167. The van der Waals surface area contributed by atoms with Crippen LogP contribution in [0, 0.1) is 6.92 Å². The number of hydrogen-bond acceptors (Lipinski definition) is 3. The molecule has 1 unspecified atom stereocenters. The van der Waals surface area contributed by atoms with Gasteiger partial charge in [0.1, 0.15) is 5.75 Å². The molecule has 0 fully saturated rings. The van der Waals surface area contributed by atoms with E-state index in [1.165, 1.54) is 11.1 Å². The second kappa shape index (κ2) is 8.18. The van der Waals surface area contributed by atoms with Gasteiger partial charge in [-0.15, -0.1) is 0 Å². The van der Waals surface area contributed by atoms with Gasteiger partial charge in [-0.2, -0.15) is 0 Å². The Morgan fingerprint density at radius 2 is 1.95 bits per heavy atom. The van der Waals surface area contributed by atoms with Gasteiger partial charge in [0.05, 0.1) is 6.10 Å². The highest BCUT2D eigenvalue weighted by Crippen LogP contribution is 2.22. The van der Waals surface area contributed by atoms with E-state index in [0.29, 0.717) is 6.04 Å². The fraction of sp³-hybridized carbons (Fsp3) is 0.625. The molecule has 0 aromatic heterocycles. The Morgan fingerprint density at radius 1 is 1.21 bits per heavy atom. The maximum absolute atomic E-state index is 6.01. The minimum atomic E-state index is 0.167. The van der Waals surface area contributed by atoms with E-state index in [4.69, 9.17) is 9.47 Å². The van der Waals surface area contributed by atoms with E-state index < -0.39 is 0 Å². The van der Waals surface area contributed by atoms with Gasteiger partial charge >= 0.3 is 0 Å². The Balaban J connectivity index is 2.69. The van der Waals surface area contributed by atoms with E-state index in [0.717, 1.165) is 25.3 Å². The van der Waals surface area contributed by atoms with Gasteiger partial charge in [0.2, 0.25) is 0 Å². The molecule has 0 saturated carbocycles. The maximum Gasteiger partial charge on any atom is 0.124 e. The summed E-state index contributed by atoms with van der Waals surface area (Å²) >= 11 is 0. The maximum atomic E-state index is 6.01. The van der Waals surface area contributed by atoms with Gasteiger partial charge in [0.25, 0.3) is 0 Å². The zero-order chi connectivity index (χ0) is 14.3. The molecule has 0 saturated heterocycles. The highest BCUT2D eigenvalue weighted by Gasteiger charge is 2.09. The van der Waals surface area contributed by atoms with Crippen LogP contribution in [0.3, 0.4) is 0 Å². The number of ether oxygens (including phenoxy) is 2. The minimum Gasteiger partial charge on any atom is -0.490 e. The Kier molecular flexibility index (Phi) is 6.89. The number of benzene rings is 1. The lowest BCUT2D eigenvalue weighted by Crippen LogP contribution is -2.23. The molecule has 0 heterocycles. The van der Waals surface area contributed by atoms with Gasteiger partial charge in [-0.3, -0.25) is 0 Å². The van der Waals surface area contributed by atoms with Gasteiger partial charge in [-0.1, -0.05) is 31.5 Å². The fourth-order valence-electron chi connectivity index (χ4n) is 1.83. The molecular formula is C16H27NO2. The van der Waals surface area contributed by atoms with Gasteiger partial charge in [0, 0.05) is 38.3 Å². The lowest BCUT2D eigenvalue weighted by atomic mass is 10.1. The van der Waals surface area contributed by atoms with Crippen LogP contribution in [-0.4, -0.2) is 25.9 Å². The first-order valence-corrected chi connectivity index (χ1v) is 7.01. The molecule has 1 atom stereocenters. The van der Waals surface area contributed by atoms with Crippen molar-refractivity contribution in [3.05, 3.63) is 29.3 Å². The predicted molar refractivity (Wildman–Crippen MR) is 79.7 cm³/mol. The van der Waals surface area contributed by atoms with Crippen molar-refractivity contribution in [1.82, 2.24) is 5.32 Å². The van der Waals surface area contributed by atoms with Crippen molar-refractivity contribution in [1.29, 1.82) is 0 Å². The molecule has 108 valence electrons. The third-order valence-corrected chi connectivity index (χ3v) is 2.97. The molecule has 3 heteroatoms. The van der Waals surface area contributed by atoms with Crippen LogP contribution in [0.5, 0.6) is 5.75 Å². The number of hydrogen-bond donors (Lipinski definition) is 1. The molecule has 0 bridgehead atoms. The summed E-state index contributed by atoms with van der Waals surface area (Å²) in [5.74, 6) is 0.974. The highest BCUT2D eigenvalue weighted by molar-refractivity contribution is 5.37. The Bertz CT molecular complexity index is 377. The van der Waals surface area contributed by atoms with Crippen molar-refractivity contribution in [3.8, 4) is 5.75 Å². The topological polar surface area (TPSA) is 30.5 Å². The molecule has 0 aliphatic carbocycles. The van der Waals surface area contributed by atoms with E-state index in [2.05, 4.69) is 51.2 Å². The van der Waals surface area contributed by atoms with Crippen LogP contribution in [0.4, 0.5) is 0 Å². The van der Waals surface area contributed by atoms with Crippen LogP contribution in [0.25, 0.3) is 0 Å². The SMILES string of the molecule is COCCC(C)Oc1ccc(C)cc1CNC(C)C. The molecule has 0 amide bonds. The lowest BCUT2D eigenvalue weighted by molar-refractivity contribution is 0.134. The number of nitrogens with one attached hydrogen (secondary N) is 1. The zero-order valence-corrected chi connectivity index (χ0v) is 12.8. The average molecular weight is 265 g/mol. The van der Waals surface area contributed by atoms with E-state index in [-0.39, 0.29) is 6.10 Å². The van der Waals surface area contributed by atoms with Gasteiger partial charge < -0.3 is 14.8 Å². The van der Waals surface area contributed by atoms with Crippen molar-refractivity contribution in [2.24, 2.45) is 0 Å². The molecule has 0 radical (unpaired) electrons. The molecule has 1 aromatic carbocycles. The van der Waals surface area contributed by atoms with Crippen LogP contribution < -0.4 is 10.1 Å². The van der Waals surface area contributed by atoms with Gasteiger partial charge in [-0.25, -0.2) is 0 Å². The largest absolute Gasteiger partial charge is 0.490 e. The molecule has 0 aliphatic rings. The lowest BCUT2D eigenvalue weighted by Gasteiger charge is -2.18. The van der Waals surface area contributed by atoms with Crippen molar-refractivity contribution >= 4 is 0 Å². The highest BCUT2D eigenvalue weighted by atomic mass is 16.5. The molecule has 1 aromatic rings. The molecule has 0 aliphatic heterocycles. The van der Waals surface area contributed by atoms with Crippen molar-refractivity contribution in [2.45, 2.75) is 52.8 Å². The Hall–Kier alpha value is -1.06. The summed E-state index contributed by atoms with van der Waals surface area (Å²) in [7, 11) is 1.72. The molecule has 0 spiro atoms. The van der Waals surface area contributed by atoms with Crippen LogP contribution in [0.15, 0.2) is 18.2 Å². The van der Waals surface area contributed by atoms with E-state index in [9.17, 15) is 0 Å². The predicted octanol–water partition coefficient (Wildman–Crippen LogP) is 3.30. The molecular weight excluding hydrogens is 238 g/mol. The van der Waals surface area contributed by atoms with Crippen molar-refractivity contribution in [3.63, 3.8) is 0 Å². The summed E-state index contributed by atoms with van der Waals surface area (Å²) in [6, 6.07) is 6.82. The monoisotopic (exact) mass is 265 g/mol. The van der Waals surface area contributed by atoms with E-state index in [1.807, 2.05) is 0 Å². The second-order valence-electron chi connectivity index (χ2n) is 5.36. The van der Waals surface area contributed by atoms with E-state index >= 15 is 0 Å². The van der Waals surface area contributed by atoms with Crippen molar-refractivity contribution in [2.75, 3.05) is 13.7 Å². The first kappa shape index (κ1) is 16.0. The number of aryl methyl sites for hydroxylation is 1. The summed E-state index contributed by atoms with van der Waals surface area (Å²) in [6.07, 6.45) is 1.07. The molecule has 3 nitrogen and oxygen atoms in total. The van der Waals surface area contributed by atoms with Crippen LogP contribution in [0.1, 0.15) is 38.3 Å². The quantitative estimate of drug-likeness (QED) is 0.782. The summed E-state index contributed by atoms with van der Waals surface area (Å²) in [4.78, 5) is 0. The summed E-state index contributed by atoms with van der Waals surface area (Å²) < 4.78 is 11.1. The molecule has 1 rings (SSSR count). The number of methoxy groups -OCH3 is 1.